The molecule has 3 nitrogen and oxygen atoms in total. The minimum Gasteiger partial charge on any atom is -0.390 e. The van der Waals surface area contributed by atoms with Gasteiger partial charge in [0.1, 0.15) is 0 Å². The molecule has 0 amide bonds. The molecule has 0 radical (unpaired) electrons. The lowest BCUT2D eigenvalue weighted by atomic mass is 9.90. The molecule has 1 saturated heterocycles. The first-order valence-corrected chi connectivity index (χ1v) is 3.62. The molecule has 1 fully saturated rings. The molecule has 0 aromatic rings. The topological polar surface area (TPSA) is 52.5 Å². The van der Waals surface area contributed by atoms with Crippen LogP contribution in [0.5, 0.6) is 0 Å². The van der Waals surface area contributed by atoms with Crippen LogP contribution in [0.3, 0.4) is 0 Å². The number of nitrogens with one attached hydrogen (secondary N) is 1. The van der Waals surface area contributed by atoms with Crippen LogP contribution in [0, 0.1) is 0 Å². The maximum atomic E-state index is 9.22. The third-order valence-corrected chi connectivity index (χ3v) is 1.95. The van der Waals surface area contributed by atoms with Gasteiger partial charge >= 0.3 is 0 Å². The van der Waals surface area contributed by atoms with Gasteiger partial charge in [0.05, 0.1) is 12.2 Å². The summed E-state index contributed by atoms with van der Waals surface area (Å²) in [5.41, 5.74) is -0.0291. The number of hydrogen-bond donors (Lipinski definition) is 3. The maximum absolute atomic E-state index is 9.22. The van der Waals surface area contributed by atoms with E-state index in [1.54, 1.807) is 0 Å². The molecule has 0 aromatic heterocycles. The Hall–Kier alpha value is -0.120. The highest BCUT2D eigenvalue weighted by atomic mass is 16.3. The van der Waals surface area contributed by atoms with Crippen LogP contribution < -0.4 is 5.32 Å². The molecule has 0 aliphatic carbocycles. The largest absolute Gasteiger partial charge is 0.390 e. The van der Waals surface area contributed by atoms with Crippen LogP contribution in [0.4, 0.5) is 0 Å². The Balaban J connectivity index is 2.49. The molecule has 2 atom stereocenters. The molecule has 60 valence electrons. The zero-order valence-electron chi connectivity index (χ0n) is 6.46. The van der Waals surface area contributed by atoms with Crippen molar-refractivity contribution < 1.29 is 10.2 Å². The molecule has 1 rings (SSSR count). The van der Waals surface area contributed by atoms with Gasteiger partial charge < -0.3 is 15.5 Å². The molecule has 1 heterocycles. The van der Waals surface area contributed by atoms with Gasteiger partial charge in [0, 0.05) is 12.1 Å². The van der Waals surface area contributed by atoms with E-state index < -0.39 is 12.2 Å². The molecule has 0 aromatic carbocycles. The minimum atomic E-state index is -0.590. The van der Waals surface area contributed by atoms with E-state index in [9.17, 15) is 5.11 Å². The van der Waals surface area contributed by atoms with Crippen molar-refractivity contribution in [1.29, 1.82) is 0 Å². The smallest absolute Gasteiger partial charge is 0.0923 e. The summed E-state index contributed by atoms with van der Waals surface area (Å²) in [5, 5.41) is 21.4. The molecule has 0 unspecified atom stereocenters. The van der Waals surface area contributed by atoms with Crippen molar-refractivity contribution in [2.24, 2.45) is 0 Å². The van der Waals surface area contributed by atoms with Gasteiger partial charge in [-0.15, -0.1) is 0 Å². The molecule has 3 heteroatoms. The summed E-state index contributed by atoms with van der Waals surface area (Å²) in [5.74, 6) is 0. The molecule has 1 aliphatic heterocycles. The van der Waals surface area contributed by atoms with Crippen LogP contribution in [0.2, 0.25) is 0 Å². The number of β-amino-alcohol motifs (C(OH)–C–C–N with tert-alkyl or cyclic N) is 1. The van der Waals surface area contributed by atoms with Crippen molar-refractivity contribution in [1.82, 2.24) is 5.32 Å². The number of piperidine rings is 1. The normalized spacial score (nSPS) is 39.6. The summed E-state index contributed by atoms with van der Waals surface area (Å²) in [6.45, 7) is 4.53. The second kappa shape index (κ2) is 2.49. The fraction of sp³-hybridized carbons (Fsp3) is 1.00. The summed E-state index contributed by atoms with van der Waals surface area (Å²) in [6, 6.07) is 0. The Bertz CT molecular complexity index is 125. The molecule has 0 spiro atoms. The highest BCUT2D eigenvalue weighted by molar-refractivity contribution is 4.90. The molecule has 1 aliphatic rings. The van der Waals surface area contributed by atoms with Gasteiger partial charge in [-0.2, -0.15) is 0 Å². The van der Waals surface area contributed by atoms with Gasteiger partial charge in [-0.05, 0) is 20.3 Å². The first kappa shape index (κ1) is 7.98. The number of hydrogen-bond acceptors (Lipinski definition) is 3. The lowest BCUT2D eigenvalue weighted by Crippen LogP contribution is -2.55. The van der Waals surface area contributed by atoms with E-state index in [2.05, 4.69) is 5.32 Å². The predicted molar refractivity (Wildman–Crippen MR) is 38.7 cm³/mol. The molecule has 3 N–H and O–H groups in total. The second-order valence-corrected chi connectivity index (χ2v) is 3.60. The summed E-state index contributed by atoms with van der Waals surface area (Å²) in [7, 11) is 0. The zero-order chi connectivity index (χ0) is 7.78. The van der Waals surface area contributed by atoms with E-state index in [4.69, 9.17) is 5.11 Å². The fourth-order valence-electron chi connectivity index (χ4n) is 1.25. The molecule has 10 heavy (non-hydrogen) atoms. The van der Waals surface area contributed by atoms with Crippen molar-refractivity contribution in [3.63, 3.8) is 0 Å². The van der Waals surface area contributed by atoms with E-state index in [0.29, 0.717) is 13.0 Å². The maximum Gasteiger partial charge on any atom is 0.0923 e. The molecular weight excluding hydrogens is 130 g/mol. The summed E-state index contributed by atoms with van der Waals surface area (Å²) in [4.78, 5) is 0. The van der Waals surface area contributed by atoms with Crippen LogP contribution >= 0.6 is 0 Å². The Morgan fingerprint density at radius 1 is 1.30 bits per heavy atom. The van der Waals surface area contributed by atoms with Crippen LogP contribution in [0.1, 0.15) is 20.3 Å². The van der Waals surface area contributed by atoms with Crippen LogP contribution in [-0.2, 0) is 0 Å². The third kappa shape index (κ3) is 1.68. The zero-order valence-corrected chi connectivity index (χ0v) is 6.46. The highest BCUT2D eigenvalue weighted by Gasteiger charge is 2.31. The van der Waals surface area contributed by atoms with E-state index in [0.717, 1.165) is 0 Å². The Morgan fingerprint density at radius 3 is 2.30 bits per heavy atom. The lowest BCUT2D eigenvalue weighted by Gasteiger charge is -2.37. The number of aliphatic hydroxyl groups is 2. The van der Waals surface area contributed by atoms with Crippen molar-refractivity contribution in [3.05, 3.63) is 0 Å². The van der Waals surface area contributed by atoms with Crippen molar-refractivity contribution >= 4 is 0 Å². The van der Waals surface area contributed by atoms with Gasteiger partial charge in [-0.1, -0.05) is 0 Å². The quantitative estimate of drug-likeness (QED) is 0.430. The lowest BCUT2D eigenvalue weighted by molar-refractivity contribution is -0.0262. The minimum absolute atomic E-state index is 0.0291. The second-order valence-electron chi connectivity index (χ2n) is 3.60. The van der Waals surface area contributed by atoms with Gasteiger partial charge in [0.2, 0.25) is 0 Å². The monoisotopic (exact) mass is 145 g/mol. The van der Waals surface area contributed by atoms with Gasteiger partial charge in [-0.25, -0.2) is 0 Å². The van der Waals surface area contributed by atoms with Crippen LogP contribution in [0.25, 0.3) is 0 Å². The van der Waals surface area contributed by atoms with Crippen LogP contribution in [-0.4, -0.2) is 34.5 Å². The van der Waals surface area contributed by atoms with E-state index in [-0.39, 0.29) is 5.54 Å². The van der Waals surface area contributed by atoms with E-state index in [1.807, 2.05) is 13.8 Å². The Kier molecular flexibility index (Phi) is 1.99. The average Bonchev–Trinajstić information content (AvgIpc) is 1.79. The molecule has 0 bridgehead atoms. The first-order valence-electron chi connectivity index (χ1n) is 3.62. The fourth-order valence-corrected chi connectivity index (χ4v) is 1.25. The van der Waals surface area contributed by atoms with Crippen LogP contribution in [0.15, 0.2) is 0 Å². The van der Waals surface area contributed by atoms with Gasteiger partial charge in [0.15, 0.2) is 0 Å². The Labute approximate surface area is 61.1 Å². The van der Waals surface area contributed by atoms with Gasteiger partial charge in [0.25, 0.3) is 0 Å². The van der Waals surface area contributed by atoms with Crippen molar-refractivity contribution in [2.45, 2.75) is 38.0 Å². The van der Waals surface area contributed by atoms with Gasteiger partial charge in [-0.3, -0.25) is 0 Å². The van der Waals surface area contributed by atoms with E-state index >= 15 is 0 Å². The number of aliphatic hydroxyl groups excluding tert-OH is 2. The predicted octanol–water partition coefficient (Wildman–Crippen LogP) is -0.520. The number of rotatable bonds is 0. The summed E-state index contributed by atoms with van der Waals surface area (Å²) >= 11 is 0. The standard InChI is InChI=1S/C7H15NO2/c1-7(2)3-5(9)6(10)4-8-7/h5-6,8-10H,3-4H2,1-2H3/t5-,6+/m1/s1. The molecular formula is C7H15NO2. The highest BCUT2D eigenvalue weighted by Crippen LogP contribution is 2.18. The van der Waals surface area contributed by atoms with Crippen molar-refractivity contribution in [3.8, 4) is 0 Å². The summed E-state index contributed by atoms with van der Waals surface area (Å²) in [6.07, 6.45) is -0.530. The van der Waals surface area contributed by atoms with E-state index in [1.165, 1.54) is 0 Å². The summed E-state index contributed by atoms with van der Waals surface area (Å²) < 4.78 is 0. The third-order valence-electron chi connectivity index (χ3n) is 1.95. The first-order chi connectivity index (χ1) is 4.51. The Morgan fingerprint density at radius 2 is 1.90 bits per heavy atom. The molecule has 0 saturated carbocycles. The average molecular weight is 145 g/mol. The van der Waals surface area contributed by atoms with Crippen molar-refractivity contribution in [2.75, 3.05) is 6.54 Å². The SMILES string of the molecule is CC1(C)C[C@@H](O)[C@@H](O)CN1.